The van der Waals surface area contributed by atoms with Crippen LogP contribution in [0.3, 0.4) is 0 Å². The first-order valence-corrected chi connectivity index (χ1v) is 8.23. The summed E-state index contributed by atoms with van der Waals surface area (Å²) >= 11 is 0. The van der Waals surface area contributed by atoms with E-state index in [1.165, 1.54) is 36.6 Å². The van der Waals surface area contributed by atoms with Gasteiger partial charge in [-0.1, -0.05) is 24.3 Å². The van der Waals surface area contributed by atoms with E-state index < -0.39 is 42.2 Å². The third kappa shape index (κ3) is 2.71. The van der Waals surface area contributed by atoms with E-state index in [0.29, 0.717) is 5.57 Å². The lowest BCUT2D eigenvalue weighted by Crippen LogP contribution is -2.60. The number of carbonyl (C=O) groups is 1. The molecule has 0 radical (unpaired) electrons. The van der Waals surface area contributed by atoms with Gasteiger partial charge in [0.05, 0.1) is 5.54 Å². The van der Waals surface area contributed by atoms with Crippen LogP contribution >= 0.6 is 0 Å². The van der Waals surface area contributed by atoms with Gasteiger partial charge in [0.2, 0.25) is 5.91 Å². The van der Waals surface area contributed by atoms with Crippen LogP contribution in [-0.4, -0.2) is 35.2 Å². The van der Waals surface area contributed by atoms with E-state index in [2.05, 4.69) is 5.32 Å². The minimum Gasteiger partial charge on any atom is -0.345 e. The molecule has 27 heavy (non-hydrogen) atoms. The molecule has 0 aromatic heterocycles. The van der Waals surface area contributed by atoms with E-state index in [-0.39, 0.29) is 17.7 Å². The molecule has 1 spiro atoms. The zero-order valence-electron chi connectivity index (χ0n) is 13.7. The molecule has 9 heteroatoms. The topological polar surface area (TPSA) is 32.3 Å². The first-order valence-electron chi connectivity index (χ1n) is 8.23. The highest BCUT2D eigenvalue weighted by molar-refractivity contribution is 5.84. The molecule has 4 aliphatic rings. The largest absolute Gasteiger partial charge is 0.406 e. The molecule has 144 valence electrons. The second kappa shape index (κ2) is 5.53. The number of allylic oxidation sites excluding steroid dienone is 5. The third-order valence-electron chi connectivity index (χ3n) is 5.35. The number of nitrogens with one attached hydrogen (secondary N) is 1. The number of nitrogens with zero attached hydrogens (tertiary/aromatic N) is 1. The van der Waals surface area contributed by atoms with Crippen molar-refractivity contribution < 1.29 is 31.1 Å². The lowest BCUT2D eigenvalue weighted by atomic mass is 9.61. The minimum absolute atomic E-state index is 0.165. The monoisotopic (exact) mass is 388 g/mol. The third-order valence-corrected chi connectivity index (χ3v) is 5.35. The Balaban J connectivity index is 1.87. The van der Waals surface area contributed by atoms with Crippen LogP contribution in [0.4, 0.5) is 26.3 Å². The molecule has 3 unspecified atom stereocenters. The number of hydrogen-bond acceptors (Lipinski definition) is 2. The highest BCUT2D eigenvalue weighted by Crippen LogP contribution is 2.56. The number of rotatable bonds is 1. The smallest absolute Gasteiger partial charge is 0.345 e. The van der Waals surface area contributed by atoms with E-state index >= 15 is 0 Å². The second-order valence-corrected chi connectivity index (χ2v) is 6.94. The molecule has 3 nitrogen and oxygen atoms in total. The number of alkyl halides is 6. The van der Waals surface area contributed by atoms with Gasteiger partial charge in [0.1, 0.15) is 12.5 Å². The van der Waals surface area contributed by atoms with Gasteiger partial charge in [-0.2, -0.15) is 26.3 Å². The molecule has 4 rings (SSSR count). The van der Waals surface area contributed by atoms with Gasteiger partial charge in [-0.15, -0.1) is 0 Å². The van der Waals surface area contributed by atoms with E-state index in [1.807, 2.05) is 0 Å². The average molecular weight is 388 g/mol. The van der Waals surface area contributed by atoms with Crippen molar-refractivity contribution in [3.8, 4) is 0 Å². The van der Waals surface area contributed by atoms with Crippen molar-refractivity contribution in [2.24, 2.45) is 11.8 Å². The highest BCUT2D eigenvalue weighted by Gasteiger charge is 2.64. The summed E-state index contributed by atoms with van der Waals surface area (Å²) in [6, 6.07) is 0. The number of fused-ring (bicyclic) bond motifs is 2. The van der Waals surface area contributed by atoms with Crippen LogP contribution in [0.5, 0.6) is 0 Å². The van der Waals surface area contributed by atoms with Crippen molar-refractivity contribution in [2.75, 3.05) is 6.54 Å². The Hall–Kier alpha value is -2.45. The van der Waals surface area contributed by atoms with Crippen LogP contribution in [0, 0.1) is 11.8 Å². The fourth-order valence-electron chi connectivity index (χ4n) is 4.43. The van der Waals surface area contributed by atoms with E-state index in [9.17, 15) is 31.1 Å². The number of amides is 1. The van der Waals surface area contributed by atoms with Crippen molar-refractivity contribution in [1.29, 1.82) is 0 Å². The molecular weight excluding hydrogens is 374 g/mol. The summed E-state index contributed by atoms with van der Waals surface area (Å²) in [4.78, 5) is 13.1. The molecule has 0 bridgehead atoms. The van der Waals surface area contributed by atoms with Crippen molar-refractivity contribution in [2.45, 2.75) is 24.3 Å². The molecule has 1 saturated heterocycles. The lowest BCUT2D eigenvalue weighted by molar-refractivity contribution is -0.179. The second-order valence-electron chi connectivity index (χ2n) is 6.94. The highest BCUT2D eigenvalue weighted by atomic mass is 19.4. The summed E-state index contributed by atoms with van der Waals surface area (Å²) in [5, 5.41) is 2.50. The predicted octanol–water partition coefficient (Wildman–Crippen LogP) is 3.75. The normalized spacial score (nSPS) is 32.1. The van der Waals surface area contributed by atoms with Gasteiger partial charge in [-0.25, -0.2) is 0 Å². The van der Waals surface area contributed by atoms with Crippen molar-refractivity contribution >= 4 is 5.91 Å². The van der Waals surface area contributed by atoms with Crippen molar-refractivity contribution in [1.82, 2.24) is 10.2 Å². The van der Waals surface area contributed by atoms with E-state index in [0.717, 1.165) is 11.0 Å². The fourth-order valence-corrected chi connectivity index (χ4v) is 4.43. The van der Waals surface area contributed by atoms with Crippen LogP contribution in [-0.2, 0) is 4.79 Å². The maximum Gasteiger partial charge on any atom is 0.406 e. The maximum atomic E-state index is 13.8. The van der Waals surface area contributed by atoms with Crippen LogP contribution < -0.4 is 5.32 Å². The summed E-state index contributed by atoms with van der Waals surface area (Å²) in [6.07, 6.45) is -0.240. The molecule has 2 aliphatic heterocycles. The molecule has 1 fully saturated rings. The SMILES string of the molecule is O=C1CC2C3=CC=CN(CC(F)(F)F)C3=CC3=CC=CC(C(F)(F)F)C32N1. The first kappa shape index (κ1) is 17.9. The van der Waals surface area contributed by atoms with Gasteiger partial charge in [0.25, 0.3) is 0 Å². The standard InChI is InChI=1S/C18H14F6N2O/c19-16(20,21)9-26-6-2-4-11-12-8-15(27)25-17(12)10(7-13(11)26)3-1-5-14(17)18(22,23)24/h1-7,12,14H,8-9H2,(H,25,27). The van der Waals surface area contributed by atoms with Crippen LogP contribution in [0.15, 0.2) is 59.5 Å². The molecule has 0 aromatic rings. The Morgan fingerprint density at radius 2 is 1.89 bits per heavy atom. The summed E-state index contributed by atoms with van der Waals surface area (Å²) in [7, 11) is 0. The predicted molar refractivity (Wildman–Crippen MR) is 83.8 cm³/mol. The Labute approximate surface area is 150 Å². The maximum absolute atomic E-state index is 13.8. The summed E-state index contributed by atoms with van der Waals surface area (Å²) in [5.74, 6) is -3.42. The molecule has 1 amide bonds. The van der Waals surface area contributed by atoms with Crippen molar-refractivity contribution in [3.63, 3.8) is 0 Å². The fraction of sp³-hybridized carbons (Fsp3) is 0.389. The van der Waals surface area contributed by atoms with Crippen LogP contribution in [0.2, 0.25) is 0 Å². The van der Waals surface area contributed by atoms with Crippen LogP contribution in [0.1, 0.15) is 6.42 Å². The molecule has 3 atom stereocenters. The average Bonchev–Trinajstić information content (AvgIpc) is 2.87. The number of carbonyl (C=O) groups excluding carboxylic acids is 1. The van der Waals surface area contributed by atoms with Gasteiger partial charge in [-0.05, 0) is 23.3 Å². The van der Waals surface area contributed by atoms with Gasteiger partial charge in [-0.3, -0.25) is 4.79 Å². The Morgan fingerprint density at radius 3 is 2.56 bits per heavy atom. The van der Waals surface area contributed by atoms with Gasteiger partial charge in [0.15, 0.2) is 0 Å². The molecular formula is C18H14F6N2O. The van der Waals surface area contributed by atoms with Gasteiger partial charge < -0.3 is 10.2 Å². The van der Waals surface area contributed by atoms with Gasteiger partial charge >= 0.3 is 12.4 Å². The minimum atomic E-state index is -4.62. The van der Waals surface area contributed by atoms with E-state index in [1.54, 1.807) is 0 Å². The first-order chi connectivity index (χ1) is 12.5. The number of hydrogen-bond donors (Lipinski definition) is 1. The summed E-state index contributed by atoms with van der Waals surface area (Å²) in [6.45, 7) is -1.26. The quantitative estimate of drug-likeness (QED) is 0.694. The zero-order chi connectivity index (χ0) is 19.6. The molecule has 2 aliphatic carbocycles. The lowest BCUT2D eigenvalue weighted by Gasteiger charge is -2.49. The van der Waals surface area contributed by atoms with E-state index in [4.69, 9.17) is 0 Å². The number of halogens is 6. The molecule has 0 saturated carbocycles. The Kier molecular flexibility index (Phi) is 3.67. The Morgan fingerprint density at radius 1 is 1.15 bits per heavy atom. The molecule has 0 aromatic carbocycles. The van der Waals surface area contributed by atoms with Crippen LogP contribution in [0.25, 0.3) is 0 Å². The van der Waals surface area contributed by atoms with Crippen molar-refractivity contribution in [3.05, 3.63) is 59.5 Å². The molecule has 2 heterocycles. The Bertz CT molecular complexity index is 845. The molecule has 1 N–H and O–H groups in total. The summed E-state index contributed by atoms with van der Waals surface area (Å²) in [5.41, 5.74) is -1.08. The van der Waals surface area contributed by atoms with Gasteiger partial charge in [0, 0.05) is 24.2 Å². The zero-order valence-corrected chi connectivity index (χ0v) is 13.7. The summed E-state index contributed by atoms with van der Waals surface area (Å²) < 4.78 is 80.0.